The van der Waals surface area contributed by atoms with Crippen molar-refractivity contribution in [2.75, 3.05) is 5.32 Å². The fourth-order valence-electron chi connectivity index (χ4n) is 2.45. The fraction of sp³-hybridized carbons (Fsp3) is 0.286. The molecule has 0 saturated heterocycles. The molecule has 0 spiro atoms. The molecule has 3 nitrogen and oxygen atoms in total. The van der Waals surface area contributed by atoms with Gasteiger partial charge in [0.1, 0.15) is 5.75 Å². The van der Waals surface area contributed by atoms with E-state index in [-0.39, 0.29) is 11.7 Å². The molecule has 0 atom stereocenters. The maximum atomic E-state index is 11.9. The van der Waals surface area contributed by atoms with Gasteiger partial charge in [0.15, 0.2) is 0 Å². The summed E-state index contributed by atoms with van der Waals surface area (Å²) in [4.78, 5) is 11.9. The van der Waals surface area contributed by atoms with E-state index in [0.717, 1.165) is 17.7 Å². The van der Waals surface area contributed by atoms with Crippen LogP contribution in [0.1, 0.15) is 43.7 Å². The van der Waals surface area contributed by atoms with E-state index in [1.807, 2.05) is 12.1 Å². The number of phenols is 1. The number of aromatic hydroxyl groups is 1. The van der Waals surface area contributed by atoms with Crippen LogP contribution in [0.15, 0.2) is 54.6 Å². The largest absolute Gasteiger partial charge is 0.508 e. The van der Waals surface area contributed by atoms with Gasteiger partial charge in [-0.2, -0.15) is 0 Å². The van der Waals surface area contributed by atoms with Crippen LogP contribution in [0, 0.1) is 0 Å². The molecule has 0 aromatic heterocycles. The van der Waals surface area contributed by atoms with Crippen molar-refractivity contribution in [3.8, 4) is 5.75 Å². The van der Waals surface area contributed by atoms with Crippen molar-refractivity contribution >= 4 is 17.7 Å². The summed E-state index contributed by atoms with van der Waals surface area (Å²) in [5.41, 5.74) is 2.97. The van der Waals surface area contributed by atoms with Gasteiger partial charge >= 0.3 is 0 Å². The molecule has 0 aliphatic rings. The lowest BCUT2D eigenvalue weighted by Crippen LogP contribution is -2.07. The van der Waals surface area contributed by atoms with E-state index in [1.165, 1.54) is 37.3 Å². The number of phenolic OH excluding ortho intramolecular Hbond substituents is 1. The first-order valence-electron chi connectivity index (χ1n) is 8.54. The highest BCUT2D eigenvalue weighted by atomic mass is 16.3. The molecular weight excluding hydrogens is 298 g/mol. The van der Waals surface area contributed by atoms with Gasteiger partial charge in [-0.05, 0) is 54.3 Å². The van der Waals surface area contributed by atoms with Gasteiger partial charge < -0.3 is 10.4 Å². The zero-order valence-corrected chi connectivity index (χ0v) is 14.2. The summed E-state index contributed by atoms with van der Waals surface area (Å²) < 4.78 is 0. The molecule has 0 fully saturated rings. The number of benzene rings is 2. The SMILES string of the molecule is CCCCCCc1ccc(NC(=O)/C=C/c2ccc(O)cc2)cc1. The van der Waals surface area contributed by atoms with E-state index in [2.05, 4.69) is 24.4 Å². The second kappa shape index (κ2) is 9.56. The predicted molar refractivity (Wildman–Crippen MR) is 100 cm³/mol. The molecular formula is C21H25NO2. The average molecular weight is 323 g/mol. The summed E-state index contributed by atoms with van der Waals surface area (Å²) in [6.45, 7) is 2.22. The molecule has 1 amide bonds. The molecule has 0 radical (unpaired) electrons. The first kappa shape index (κ1) is 17.8. The number of anilines is 1. The normalized spacial score (nSPS) is 10.9. The monoisotopic (exact) mass is 323 g/mol. The van der Waals surface area contributed by atoms with E-state index >= 15 is 0 Å². The van der Waals surface area contributed by atoms with Gasteiger partial charge in [-0.15, -0.1) is 0 Å². The van der Waals surface area contributed by atoms with Crippen LogP contribution >= 0.6 is 0 Å². The summed E-state index contributed by atoms with van der Waals surface area (Å²) in [7, 11) is 0. The lowest BCUT2D eigenvalue weighted by molar-refractivity contribution is -0.111. The predicted octanol–water partition coefficient (Wildman–Crippen LogP) is 5.17. The van der Waals surface area contributed by atoms with E-state index < -0.39 is 0 Å². The topological polar surface area (TPSA) is 49.3 Å². The number of carbonyl (C=O) groups excluding carboxylic acids is 1. The molecule has 3 heteroatoms. The average Bonchev–Trinajstić information content (AvgIpc) is 2.60. The number of aryl methyl sites for hydroxylation is 1. The van der Waals surface area contributed by atoms with Gasteiger partial charge in [0.25, 0.3) is 0 Å². The summed E-state index contributed by atoms with van der Waals surface area (Å²) >= 11 is 0. The van der Waals surface area contributed by atoms with Crippen molar-refractivity contribution in [2.45, 2.75) is 39.0 Å². The number of carbonyl (C=O) groups is 1. The smallest absolute Gasteiger partial charge is 0.248 e. The Morgan fingerprint density at radius 2 is 1.71 bits per heavy atom. The molecule has 0 bridgehead atoms. The summed E-state index contributed by atoms with van der Waals surface area (Å²) in [5.74, 6) is 0.0464. The van der Waals surface area contributed by atoms with Gasteiger partial charge in [-0.1, -0.05) is 50.5 Å². The van der Waals surface area contributed by atoms with E-state index in [9.17, 15) is 9.90 Å². The molecule has 24 heavy (non-hydrogen) atoms. The lowest BCUT2D eigenvalue weighted by atomic mass is 10.1. The Labute approximate surface area is 144 Å². The van der Waals surface area contributed by atoms with Gasteiger partial charge in [0.05, 0.1) is 0 Å². The minimum Gasteiger partial charge on any atom is -0.508 e. The van der Waals surface area contributed by atoms with Crippen LogP contribution in [0.25, 0.3) is 6.08 Å². The van der Waals surface area contributed by atoms with Crippen molar-refractivity contribution in [2.24, 2.45) is 0 Å². The molecule has 0 unspecified atom stereocenters. The standard InChI is InChI=1S/C21H25NO2/c1-2-3-4-5-6-17-7-12-19(13-8-17)22-21(24)16-11-18-9-14-20(23)15-10-18/h7-16,23H,2-6H2,1H3,(H,22,24)/b16-11+. The molecule has 0 aliphatic heterocycles. The van der Waals surface area contributed by atoms with Crippen LogP contribution in [0.5, 0.6) is 5.75 Å². The maximum Gasteiger partial charge on any atom is 0.248 e. The Morgan fingerprint density at radius 1 is 1.00 bits per heavy atom. The minimum atomic E-state index is -0.168. The van der Waals surface area contributed by atoms with Crippen LogP contribution < -0.4 is 5.32 Å². The van der Waals surface area contributed by atoms with Crippen molar-refractivity contribution in [3.63, 3.8) is 0 Å². The van der Waals surface area contributed by atoms with Gasteiger partial charge in [0, 0.05) is 11.8 Å². The molecule has 126 valence electrons. The molecule has 2 aromatic rings. The highest BCUT2D eigenvalue weighted by Gasteiger charge is 1.99. The van der Waals surface area contributed by atoms with Crippen LogP contribution in [0.3, 0.4) is 0 Å². The van der Waals surface area contributed by atoms with Crippen LogP contribution in [0.2, 0.25) is 0 Å². The van der Waals surface area contributed by atoms with Gasteiger partial charge in [-0.25, -0.2) is 0 Å². The Kier molecular flexibility index (Phi) is 7.09. The quantitative estimate of drug-likeness (QED) is 0.520. The number of rotatable bonds is 8. The highest BCUT2D eigenvalue weighted by molar-refractivity contribution is 6.01. The summed E-state index contributed by atoms with van der Waals surface area (Å²) in [6.07, 6.45) is 9.34. The van der Waals surface area contributed by atoms with Crippen LogP contribution in [-0.4, -0.2) is 11.0 Å². The number of unbranched alkanes of at least 4 members (excludes halogenated alkanes) is 3. The van der Waals surface area contributed by atoms with E-state index in [0.29, 0.717) is 0 Å². The van der Waals surface area contributed by atoms with Crippen molar-refractivity contribution in [3.05, 3.63) is 65.7 Å². The summed E-state index contributed by atoms with van der Waals surface area (Å²) in [5, 5.41) is 12.1. The molecule has 0 saturated carbocycles. The second-order valence-electron chi connectivity index (χ2n) is 5.92. The highest BCUT2D eigenvalue weighted by Crippen LogP contribution is 2.14. The molecule has 0 aliphatic carbocycles. The molecule has 0 heterocycles. The Hall–Kier alpha value is -2.55. The minimum absolute atomic E-state index is 0.168. The zero-order valence-electron chi connectivity index (χ0n) is 14.2. The Bertz CT molecular complexity index is 657. The van der Waals surface area contributed by atoms with Crippen LogP contribution in [-0.2, 0) is 11.2 Å². The Balaban J connectivity index is 1.82. The number of nitrogens with one attached hydrogen (secondary N) is 1. The number of hydrogen-bond acceptors (Lipinski definition) is 2. The first-order chi connectivity index (χ1) is 11.7. The first-order valence-corrected chi connectivity index (χ1v) is 8.54. The Morgan fingerprint density at radius 3 is 2.38 bits per heavy atom. The number of hydrogen-bond donors (Lipinski definition) is 2. The van der Waals surface area contributed by atoms with E-state index in [1.54, 1.807) is 30.3 Å². The van der Waals surface area contributed by atoms with Crippen molar-refractivity contribution in [1.29, 1.82) is 0 Å². The number of amides is 1. The summed E-state index contributed by atoms with van der Waals surface area (Å²) in [6, 6.07) is 14.7. The third-order valence-corrected chi connectivity index (χ3v) is 3.86. The third-order valence-electron chi connectivity index (χ3n) is 3.86. The fourth-order valence-corrected chi connectivity index (χ4v) is 2.45. The molecule has 2 aromatic carbocycles. The lowest BCUT2D eigenvalue weighted by Gasteiger charge is -2.05. The zero-order chi connectivity index (χ0) is 17.2. The van der Waals surface area contributed by atoms with Crippen LogP contribution in [0.4, 0.5) is 5.69 Å². The maximum absolute atomic E-state index is 11.9. The molecule has 2 N–H and O–H groups in total. The second-order valence-corrected chi connectivity index (χ2v) is 5.92. The van der Waals surface area contributed by atoms with Gasteiger partial charge in [-0.3, -0.25) is 4.79 Å². The molecule has 2 rings (SSSR count). The van der Waals surface area contributed by atoms with Crippen molar-refractivity contribution < 1.29 is 9.90 Å². The van der Waals surface area contributed by atoms with Crippen molar-refractivity contribution in [1.82, 2.24) is 0 Å². The third kappa shape index (κ3) is 6.29. The van der Waals surface area contributed by atoms with E-state index in [4.69, 9.17) is 0 Å². The van der Waals surface area contributed by atoms with Gasteiger partial charge in [0.2, 0.25) is 5.91 Å².